The van der Waals surface area contributed by atoms with E-state index in [9.17, 15) is 36.2 Å². The maximum Gasteiger partial charge on any atom is 0.418 e. The second-order valence-electron chi connectivity index (χ2n) is 8.51. The highest BCUT2D eigenvalue weighted by atomic mass is 19.4. The molecule has 0 saturated carbocycles. The molecule has 5 nitrogen and oxygen atoms in total. The summed E-state index contributed by atoms with van der Waals surface area (Å²) in [6.45, 7) is 2.75. The molecule has 11 heteroatoms. The van der Waals surface area contributed by atoms with Crippen molar-refractivity contribution in [2.45, 2.75) is 50.8 Å². The van der Waals surface area contributed by atoms with E-state index in [0.29, 0.717) is 11.1 Å². The molecule has 2 rings (SSSR count). The van der Waals surface area contributed by atoms with Crippen LogP contribution in [0.15, 0.2) is 48.5 Å². The molecule has 0 aliphatic heterocycles. The third kappa shape index (κ3) is 7.19. The topological polar surface area (TPSA) is 90.4 Å². The fraction of sp³-hybridized carbons (Fsp3) is 0.417. The molecule has 0 saturated heterocycles. The summed E-state index contributed by atoms with van der Waals surface area (Å²) in [7, 11) is 0. The smallest absolute Gasteiger partial charge is 0.379 e. The molecule has 0 aromatic heterocycles. The van der Waals surface area contributed by atoms with E-state index < -0.39 is 43.0 Å². The van der Waals surface area contributed by atoms with E-state index in [4.69, 9.17) is 11.0 Å². The summed E-state index contributed by atoms with van der Waals surface area (Å²) in [5.41, 5.74) is 5.63. The van der Waals surface area contributed by atoms with Crippen molar-refractivity contribution in [3.05, 3.63) is 59.7 Å². The van der Waals surface area contributed by atoms with Gasteiger partial charge in [-0.2, -0.15) is 31.6 Å². The zero-order valence-electron chi connectivity index (χ0n) is 18.9. The summed E-state index contributed by atoms with van der Waals surface area (Å²) in [6.07, 6.45) is -12.3. The standard InChI is InChI=1S/C24H25F6N3O2/c1-14(2)13-19(22(32)35)33(12-11-31)20(23(25,26)27)17-7-3-15(4-8-17)16-5-9-18(10-6-16)21(34)24(28,29)30/h3-10,14,19-21,34H,12-13H2,1-2H3,(H2,32,35)/t19-,20-,21?/m0/s1. The largest absolute Gasteiger partial charge is 0.418 e. The molecule has 0 spiro atoms. The maximum atomic E-state index is 14.2. The van der Waals surface area contributed by atoms with Gasteiger partial charge in [-0.15, -0.1) is 0 Å². The van der Waals surface area contributed by atoms with Crippen molar-refractivity contribution in [3.8, 4) is 17.2 Å². The average Bonchev–Trinajstić information content (AvgIpc) is 2.75. The molecule has 1 amide bonds. The first-order valence-corrected chi connectivity index (χ1v) is 10.6. The fourth-order valence-electron chi connectivity index (χ4n) is 3.80. The first-order chi connectivity index (χ1) is 16.2. The lowest BCUT2D eigenvalue weighted by atomic mass is 9.95. The summed E-state index contributed by atoms with van der Waals surface area (Å²) in [6, 6.07) is 7.94. The van der Waals surface area contributed by atoms with E-state index in [1.807, 2.05) is 0 Å². The summed E-state index contributed by atoms with van der Waals surface area (Å²) < 4.78 is 80.5. The zero-order valence-corrected chi connectivity index (χ0v) is 18.9. The lowest BCUT2D eigenvalue weighted by molar-refractivity contribution is -0.206. The normalized spacial score (nSPS) is 15.0. The zero-order chi connectivity index (χ0) is 26.6. The monoisotopic (exact) mass is 501 g/mol. The van der Waals surface area contributed by atoms with Crippen LogP contribution in [0.4, 0.5) is 26.3 Å². The Morgan fingerprint density at radius 2 is 1.40 bits per heavy atom. The Morgan fingerprint density at radius 3 is 1.74 bits per heavy atom. The van der Waals surface area contributed by atoms with E-state index in [-0.39, 0.29) is 23.5 Å². The predicted octanol–water partition coefficient (Wildman–Crippen LogP) is 5.28. The predicted molar refractivity (Wildman–Crippen MR) is 116 cm³/mol. The number of alkyl halides is 6. The number of hydrogen-bond donors (Lipinski definition) is 2. The van der Waals surface area contributed by atoms with Crippen LogP contribution >= 0.6 is 0 Å². The number of halogens is 6. The Bertz CT molecular complexity index is 1030. The Hall–Kier alpha value is -3.10. The Kier molecular flexibility index (Phi) is 8.92. The van der Waals surface area contributed by atoms with Crippen molar-refractivity contribution in [3.63, 3.8) is 0 Å². The number of rotatable bonds is 9. The molecule has 2 aromatic carbocycles. The molecule has 3 N–H and O–H groups in total. The van der Waals surface area contributed by atoms with Crippen LogP contribution in [0.25, 0.3) is 11.1 Å². The molecule has 0 aliphatic carbocycles. The fourth-order valence-corrected chi connectivity index (χ4v) is 3.80. The Morgan fingerprint density at radius 1 is 0.943 bits per heavy atom. The van der Waals surface area contributed by atoms with Crippen molar-refractivity contribution in [1.82, 2.24) is 4.90 Å². The molecule has 0 aliphatic rings. The Balaban J connectivity index is 2.43. The highest BCUT2D eigenvalue weighted by molar-refractivity contribution is 5.80. The van der Waals surface area contributed by atoms with E-state index in [0.717, 1.165) is 17.0 Å². The molecular weight excluding hydrogens is 476 g/mol. The molecule has 3 atom stereocenters. The van der Waals surface area contributed by atoms with Crippen LogP contribution in [0.2, 0.25) is 0 Å². The first-order valence-electron chi connectivity index (χ1n) is 10.6. The molecule has 0 bridgehead atoms. The molecule has 190 valence electrons. The van der Waals surface area contributed by atoms with Crippen LogP contribution in [-0.2, 0) is 4.79 Å². The van der Waals surface area contributed by atoms with Crippen LogP contribution in [0, 0.1) is 17.2 Å². The van der Waals surface area contributed by atoms with Gasteiger partial charge < -0.3 is 10.8 Å². The number of nitriles is 1. The molecular formula is C24H25F6N3O2. The number of carbonyl (C=O) groups excluding carboxylic acids is 1. The molecule has 0 heterocycles. The minimum absolute atomic E-state index is 0.0256. The van der Waals surface area contributed by atoms with Gasteiger partial charge in [0.05, 0.1) is 18.7 Å². The lowest BCUT2D eigenvalue weighted by Crippen LogP contribution is -2.51. The number of hydrogen-bond acceptors (Lipinski definition) is 4. The average molecular weight is 501 g/mol. The number of aliphatic hydroxyl groups excluding tert-OH is 1. The summed E-state index contributed by atoms with van der Waals surface area (Å²) in [5, 5.41) is 18.5. The van der Waals surface area contributed by atoms with Gasteiger partial charge in [0.25, 0.3) is 0 Å². The highest BCUT2D eigenvalue weighted by Crippen LogP contribution is 2.40. The summed E-state index contributed by atoms with van der Waals surface area (Å²) >= 11 is 0. The number of aliphatic hydroxyl groups is 1. The van der Waals surface area contributed by atoms with Gasteiger partial charge in [0.15, 0.2) is 6.10 Å². The number of nitrogens with two attached hydrogens (primary N) is 1. The molecule has 0 radical (unpaired) electrons. The number of amides is 1. The minimum Gasteiger partial charge on any atom is -0.379 e. The molecule has 2 aromatic rings. The Labute approximate surface area is 198 Å². The third-order valence-electron chi connectivity index (χ3n) is 5.41. The molecule has 35 heavy (non-hydrogen) atoms. The van der Waals surface area contributed by atoms with Gasteiger partial charge in [-0.05, 0) is 34.6 Å². The number of nitrogens with zero attached hydrogens (tertiary/aromatic N) is 2. The van der Waals surface area contributed by atoms with E-state index in [2.05, 4.69) is 0 Å². The molecule has 1 unspecified atom stereocenters. The van der Waals surface area contributed by atoms with Gasteiger partial charge in [0.2, 0.25) is 5.91 Å². The van der Waals surface area contributed by atoms with E-state index >= 15 is 0 Å². The van der Waals surface area contributed by atoms with Crippen molar-refractivity contribution in [1.29, 1.82) is 5.26 Å². The number of benzene rings is 2. The summed E-state index contributed by atoms with van der Waals surface area (Å²) in [5.74, 6) is -1.13. The van der Waals surface area contributed by atoms with E-state index in [1.165, 1.54) is 36.4 Å². The highest BCUT2D eigenvalue weighted by Gasteiger charge is 2.48. The van der Waals surface area contributed by atoms with Crippen LogP contribution < -0.4 is 5.73 Å². The van der Waals surface area contributed by atoms with Gasteiger partial charge in [0.1, 0.15) is 6.04 Å². The van der Waals surface area contributed by atoms with Crippen molar-refractivity contribution >= 4 is 5.91 Å². The van der Waals surface area contributed by atoms with Gasteiger partial charge in [-0.25, -0.2) is 0 Å². The van der Waals surface area contributed by atoms with Crippen molar-refractivity contribution < 1.29 is 36.2 Å². The second-order valence-corrected chi connectivity index (χ2v) is 8.51. The van der Waals surface area contributed by atoms with Gasteiger partial charge in [-0.3, -0.25) is 9.69 Å². The molecule has 0 fully saturated rings. The van der Waals surface area contributed by atoms with Crippen molar-refractivity contribution in [2.75, 3.05) is 6.54 Å². The number of carbonyl (C=O) groups is 1. The minimum atomic E-state index is -4.83. The summed E-state index contributed by atoms with van der Waals surface area (Å²) in [4.78, 5) is 12.7. The van der Waals surface area contributed by atoms with Crippen LogP contribution in [-0.4, -0.2) is 40.9 Å². The van der Waals surface area contributed by atoms with Crippen LogP contribution in [0.3, 0.4) is 0 Å². The third-order valence-corrected chi connectivity index (χ3v) is 5.41. The quantitative estimate of drug-likeness (QED) is 0.362. The maximum absolute atomic E-state index is 14.2. The second kappa shape index (κ2) is 11.1. The van der Waals surface area contributed by atoms with Crippen LogP contribution in [0.5, 0.6) is 0 Å². The SMILES string of the molecule is CC(C)C[C@@H](C(N)=O)N(CC#N)[C@@H](c1ccc(-c2ccc(C(O)C(F)(F)F)cc2)cc1)C(F)(F)F. The van der Waals surface area contributed by atoms with Crippen molar-refractivity contribution in [2.24, 2.45) is 11.7 Å². The first kappa shape index (κ1) is 28.1. The van der Waals surface area contributed by atoms with E-state index in [1.54, 1.807) is 19.9 Å². The van der Waals surface area contributed by atoms with Gasteiger partial charge >= 0.3 is 12.4 Å². The number of primary amides is 1. The van der Waals surface area contributed by atoms with Crippen LogP contribution in [0.1, 0.15) is 43.5 Å². The lowest BCUT2D eigenvalue weighted by Gasteiger charge is -2.37. The van der Waals surface area contributed by atoms with Gasteiger partial charge in [0, 0.05) is 0 Å². The van der Waals surface area contributed by atoms with Gasteiger partial charge in [-0.1, -0.05) is 62.4 Å².